The van der Waals surface area contributed by atoms with E-state index >= 15 is 0 Å². The highest BCUT2D eigenvalue weighted by Gasteiger charge is 2.26. The summed E-state index contributed by atoms with van der Waals surface area (Å²) in [7, 11) is -2.97. The summed E-state index contributed by atoms with van der Waals surface area (Å²) in [5, 5.41) is -1.24. The van der Waals surface area contributed by atoms with Crippen LogP contribution in [0.25, 0.3) is 0 Å². The minimum atomic E-state index is -4.01. The lowest BCUT2D eigenvalue weighted by Crippen LogP contribution is -2.16. The van der Waals surface area contributed by atoms with Gasteiger partial charge in [-0.05, 0) is 23.1 Å². The Balaban J connectivity index is 3.17. The van der Waals surface area contributed by atoms with Gasteiger partial charge in [0.15, 0.2) is 0 Å². The Morgan fingerprint density at radius 2 is 1.59 bits per heavy atom. The molecule has 0 radical (unpaired) electrons. The smallest absolute Gasteiger partial charge is 0.429 e. The van der Waals surface area contributed by atoms with Crippen LogP contribution < -0.4 is 0 Å². The molecular formula is C12H16O4S. The molecule has 1 rings (SSSR count). The molecule has 0 aliphatic rings. The summed E-state index contributed by atoms with van der Waals surface area (Å²) in [6, 6.07) is 6.26. The summed E-state index contributed by atoms with van der Waals surface area (Å²) in [5.41, 5.74) is 0.939. The van der Waals surface area contributed by atoms with Crippen molar-refractivity contribution in [3.8, 4) is 0 Å². The molecule has 1 aromatic carbocycles. The Labute approximate surface area is 102 Å². The minimum absolute atomic E-state index is 0.0441. The van der Waals surface area contributed by atoms with E-state index in [4.69, 9.17) is 0 Å². The van der Waals surface area contributed by atoms with Crippen LogP contribution in [0.4, 0.5) is 4.79 Å². The Morgan fingerprint density at radius 1 is 1.12 bits per heavy atom. The lowest BCUT2D eigenvalue weighted by Gasteiger charge is -2.18. The van der Waals surface area contributed by atoms with E-state index in [1.807, 2.05) is 20.8 Å². The molecule has 4 nitrogen and oxygen atoms in total. The van der Waals surface area contributed by atoms with Gasteiger partial charge in [-0.3, -0.25) is 0 Å². The van der Waals surface area contributed by atoms with Crippen molar-refractivity contribution in [3.63, 3.8) is 0 Å². The molecule has 0 spiro atoms. The Hall–Kier alpha value is -1.36. The van der Waals surface area contributed by atoms with Gasteiger partial charge in [0.25, 0.3) is 9.84 Å². The van der Waals surface area contributed by atoms with Gasteiger partial charge in [0, 0.05) is 0 Å². The maximum Gasteiger partial charge on any atom is 0.429 e. The fourth-order valence-electron chi connectivity index (χ4n) is 1.34. The summed E-state index contributed by atoms with van der Waals surface area (Å²) in [4.78, 5) is 11.1. The van der Waals surface area contributed by atoms with Crippen LogP contribution in [0, 0.1) is 0 Å². The van der Waals surface area contributed by atoms with Gasteiger partial charge >= 0.3 is 5.30 Å². The number of hydrogen-bond acceptors (Lipinski definition) is 4. The normalized spacial score (nSPS) is 12.2. The molecule has 0 heterocycles. The number of rotatable bonds is 1. The van der Waals surface area contributed by atoms with E-state index in [1.165, 1.54) is 12.1 Å². The van der Waals surface area contributed by atoms with Crippen molar-refractivity contribution < 1.29 is 17.9 Å². The molecule has 0 bridgehead atoms. The standard InChI is InChI=1S/C12H16O4S/c1-12(2,3)9-5-7-10(8-6-9)17(14,15)11(13)16-4/h5-8H,1-4H3. The number of carbonyl (C=O) groups excluding carboxylic acids is 1. The summed E-state index contributed by atoms with van der Waals surface area (Å²) < 4.78 is 27.5. The van der Waals surface area contributed by atoms with E-state index in [2.05, 4.69) is 4.74 Å². The molecule has 0 aliphatic heterocycles. The molecule has 5 heteroatoms. The molecule has 0 unspecified atom stereocenters. The van der Waals surface area contributed by atoms with E-state index in [-0.39, 0.29) is 10.3 Å². The van der Waals surface area contributed by atoms with Crippen LogP contribution in [-0.2, 0) is 20.0 Å². The fourth-order valence-corrected chi connectivity index (χ4v) is 2.25. The first-order valence-electron chi connectivity index (χ1n) is 5.13. The molecule has 0 saturated carbocycles. The summed E-state index contributed by atoms with van der Waals surface area (Å²) in [6.45, 7) is 6.07. The molecule has 17 heavy (non-hydrogen) atoms. The van der Waals surface area contributed by atoms with Crippen LogP contribution in [0.1, 0.15) is 26.3 Å². The summed E-state index contributed by atoms with van der Waals surface area (Å²) >= 11 is 0. The van der Waals surface area contributed by atoms with Crippen molar-refractivity contribution in [1.29, 1.82) is 0 Å². The molecule has 1 aromatic rings. The van der Waals surface area contributed by atoms with Crippen molar-refractivity contribution in [3.05, 3.63) is 29.8 Å². The van der Waals surface area contributed by atoms with Crippen LogP contribution >= 0.6 is 0 Å². The highest BCUT2D eigenvalue weighted by molar-refractivity contribution is 8.05. The number of hydrogen-bond donors (Lipinski definition) is 0. The van der Waals surface area contributed by atoms with Gasteiger partial charge in [0.2, 0.25) is 0 Å². The predicted octanol–water partition coefficient (Wildman–Crippen LogP) is 2.52. The van der Waals surface area contributed by atoms with Crippen LogP contribution in [0.3, 0.4) is 0 Å². The molecule has 0 aromatic heterocycles. The third-order valence-electron chi connectivity index (χ3n) is 2.42. The van der Waals surface area contributed by atoms with E-state index in [1.54, 1.807) is 12.1 Å². The Kier molecular flexibility index (Phi) is 3.62. The molecule has 0 fully saturated rings. The molecule has 0 saturated heterocycles. The van der Waals surface area contributed by atoms with E-state index in [9.17, 15) is 13.2 Å². The van der Waals surface area contributed by atoms with Crippen LogP contribution in [0.2, 0.25) is 0 Å². The highest BCUT2D eigenvalue weighted by Crippen LogP contribution is 2.24. The lowest BCUT2D eigenvalue weighted by molar-refractivity contribution is 0.197. The zero-order valence-electron chi connectivity index (χ0n) is 10.4. The zero-order valence-corrected chi connectivity index (χ0v) is 11.2. The topological polar surface area (TPSA) is 60.4 Å². The largest absolute Gasteiger partial charge is 0.457 e. The van der Waals surface area contributed by atoms with E-state index in [0.29, 0.717) is 0 Å². The van der Waals surface area contributed by atoms with E-state index in [0.717, 1.165) is 12.7 Å². The van der Waals surface area contributed by atoms with Crippen molar-refractivity contribution in [2.75, 3.05) is 7.11 Å². The third kappa shape index (κ3) is 2.85. The molecular weight excluding hydrogens is 240 g/mol. The van der Waals surface area contributed by atoms with Gasteiger partial charge < -0.3 is 4.74 Å². The van der Waals surface area contributed by atoms with Gasteiger partial charge in [-0.15, -0.1) is 0 Å². The second kappa shape index (κ2) is 4.49. The zero-order chi connectivity index (χ0) is 13.3. The van der Waals surface area contributed by atoms with Crippen LogP contribution in [0.15, 0.2) is 29.2 Å². The Bertz CT molecular complexity index is 506. The van der Waals surface area contributed by atoms with Crippen molar-refractivity contribution in [2.45, 2.75) is 31.1 Å². The molecule has 0 aliphatic carbocycles. The molecule has 0 atom stereocenters. The number of sulfone groups is 1. The van der Waals surface area contributed by atoms with Gasteiger partial charge in [-0.1, -0.05) is 32.9 Å². The first-order valence-corrected chi connectivity index (χ1v) is 6.61. The fraction of sp³-hybridized carbons (Fsp3) is 0.417. The number of benzene rings is 1. The molecule has 0 amide bonds. The first-order chi connectivity index (χ1) is 7.69. The summed E-state index contributed by atoms with van der Waals surface area (Å²) in [5.74, 6) is 0. The van der Waals surface area contributed by atoms with Crippen LogP contribution in [0.5, 0.6) is 0 Å². The van der Waals surface area contributed by atoms with Crippen molar-refractivity contribution in [2.24, 2.45) is 0 Å². The average Bonchev–Trinajstić information content (AvgIpc) is 2.27. The quantitative estimate of drug-likeness (QED) is 0.724. The second-order valence-corrected chi connectivity index (χ2v) is 6.54. The summed E-state index contributed by atoms with van der Waals surface area (Å²) in [6.07, 6.45) is 0. The molecule has 0 N–H and O–H groups in total. The predicted molar refractivity (Wildman–Crippen MR) is 64.7 cm³/mol. The maximum atomic E-state index is 11.6. The SMILES string of the molecule is COC(=O)S(=O)(=O)c1ccc(C(C)(C)C)cc1. The number of methoxy groups -OCH3 is 1. The molecule has 94 valence electrons. The van der Waals surface area contributed by atoms with Gasteiger partial charge in [0.05, 0.1) is 12.0 Å². The monoisotopic (exact) mass is 256 g/mol. The average molecular weight is 256 g/mol. The maximum absolute atomic E-state index is 11.6. The van der Waals surface area contributed by atoms with E-state index < -0.39 is 15.1 Å². The van der Waals surface area contributed by atoms with Gasteiger partial charge in [-0.2, -0.15) is 0 Å². The lowest BCUT2D eigenvalue weighted by atomic mass is 9.87. The minimum Gasteiger partial charge on any atom is -0.457 e. The van der Waals surface area contributed by atoms with Gasteiger partial charge in [-0.25, -0.2) is 13.2 Å². The number of carbonyl (C=O) groups is 1. The van der Waals surface area contributed by atoms with Crippen LogP contribution in [-0.4, -0.2) is 20.8 Å². The second-order valence-electron chi connectivity index (χ2n) is 4.73. The van der Waals surface area contributed by atoms with Gasteiger partial charge in [0.1, 0.15) is 0 Å². The highest BCUT2D eigenvalue weighted by atomic mass is 32.2. The van der Waals surface area contributed by atoms with Crippen molar-refractivity contribution >= 4 is 15.1 Å². The third-order valence-corrected chi connectivity index (χ3v) is 3.91. The first kappa shape index (κ1) is 13.7. The number of ether oxygens (including phenoxy) is 1. The Morgan fingerprint density at radius 3 is 1.94 bits per heavy atom. The van der Waals surface area contributed by atoms with Crippen molar-refractivity contribution in [1.82, 2.24) is 0 Å².